The molecular formula is C15H24N4O2+2. The maximum Gasteiger partial charge on any atom is 0.313 e. The van der Waals surface area contributed by atoms with E-state index in [1.165, 1.54) is 4.90 Å². The van der Waals surface area contributed by atoms with Crippen LogP contribution in [0.4, 0.5) is 5.69 Å². The molecule has 0 spiro atoms. The number of hydrogen-bond donors (Lipinski definition) is 4. The number of piperazine rings is 1. The van der Waals surface area contributed by atoms with Crippen LogP contribution in [0.5, 0.6) is 0 Å². The number of quaternary nitrogens is 2. The molecule has 1 aromatic rings. The molecule has 1 aliphatic heterocycles. The van der Waals surface area contributed by atoms with E-state index in [0.29, 0.717) is 12.2 Å². The number of benzene rings is 1. The van der Waals surface area contributed by atoms with Crippen LogP contribution >= 0.6 is 0 Å². The minimum absolute atomic E-state index is 0.537. The number of hydrogen-bond acceptors (Lipinski definition) is 2. The molecule has 1 aromatic carbocycles. The van der Waals surface area contributed by atoms with Crippen LogP contribution in [0.2, 0.25) is 0 Å². The third kappa shape index (κ3) is 5.17. The summed E-state index contributed by atoms with van der Waals surface area (Å²) in [5, 5.41) is 7.58. The van der Waals surface area contributed by atoms with E-state index in [9.17, 15) is 9.59 Å². The summed E-state index contributed by atoms with van der Waals surface area (Å²) < 4.78 is 0. The van der Waals surface area contributed by atoms with E-state index in [-0.39, 0.29) is 0 Å². The van der Waals surface area contributed by atoms with Gasteiger partial charge in [-0.1, -0.05) is 17.7 Å². The minimum atomic E-state index is -0.610. The molecule has 1 heterocycles. The highest BCUT2D eigenvalue weighted by Crippen LogP contribution is 2.07. The number of nitrogens with two attached hydrogens (primary N) is 1. The average Bonchev–Trinajstić information content (AvgIpc) is 2.50. The van der Waals surface area contributed by atoms with E-state index in [0.717, 1.165) is 38.3 Å². The van der Waals surface area contributed by atoms with Crippen LogP contribution < -0.4 is 20.9 Å². The molecular weight excluding hydrogens is 268 g/mol. The second-order valence-electron chi connectivity index (χ2n) is 5.44. The standard InChI is InChI=1S/C15H22N4O2/c1-12-2-4-13(5-3-12)18-15(21)14(20)17-8-11-19-9-6-16-7-10-19/h2-5,16H,6-11H2,1H3,(H,17,20)(H,18,21)/p+2. The zero-order valence-electron chi connectivity index (χ0n) is 12.4. The molecule has 6 nitrogen and oxygen atoms in total. The van der Waals surface area contributed by atoms with Crippen molar-refractivity contribution in [3.05, 3.63) is 29.8 Å². The Morgan fingerprint density at radius 2 is 1.81 bits per heavy atom. The Balaban J connectivity index is 1.69. The number of carbonyl (C=O) groups is 2. The lowest BCUT2D eigenvalue weighted by atomic mass is 10.2. The van der Waals surface area contributed by atoms with Crippen LogP contribution in [0.1, 0.15) is 5.56 Å². The van der Waals surface area contributed by atoms with Gasteiger partial charge in [-0.3, -0.25) is 9.59 Å². The number of rotatable bonds is 4. The van der Waals surface area contributed by atoms with Crippen molar-refractivity contribution < 1.29 is 19.8 Å². The van der Waals surface area contributed by atoms with Gasteiger partial charge >= 0.3 is 11.8 Å². The van der Waals surface area contributed by atoms with Gasteiger partial charge in [-0.25, -0.2) is 0 Å². The van der Waals surface area contributed by atoms with Gasteiger partial charge in [0.15, 0.2) is 0 Å². The van der Waals surface area contributed by atoms with E-state index >= 15 is 0 Å². The maximum absolute atomic E-state index is 11.7. The van der Waals surface area contributed by atoms with Crippen molar-refractivity contribution in [1.29, 1.82) is 0 Å². The Morgan fingerprint density at radius 1 is 1.14 bits per heavy atom. The molecule has 1 saturated heterocycles. The van der Waals surface area contributed by atoms with Crippen molar-refractivity contribution in [2.45, 2.75) is 6.92 Å². The second kappa shape index (κ2) is 7.75. The lowest BCUT2D eigenvalue weighted by molar-refractivity contribution is -0.945. The van der Waals surface area contributed by atoms with Crippen LogP contribution in [-0.2, 0) is 9.59 Å². The van der Waals surface area contributed by atoms with Gasteiger partial charge in [-0.05, 0) is 19.1 Å². The molecule has 0 aromatic heterocycles. The molecule has 1 fully saturated rings. The van der Waals surface area contributed by atoms with Crippen molar-refractivity contribution in [3.63, 3.8) is 0 Å². The fraction of sp³-hybridized carbons (Fsp3) is 0.467. The molecule has 0 aliphatic carbocycles. The van der Waals surface area contributed by atoms with Crippen molar-refractivity contribution >= 4 is 17.5 Å². The van der Waals surface area contributed by atoms with E-state index in [1.807, 2.05) is 19.1 Å². The summed E-state index contributed by atoms with van der Waals surface area (Å²) >= 11 is 0. The van der Waals surface area contributed by atoms with E-state index < -0.39 is 11.8 Å². The van der Waals surface area contributed by atoms with E-state index in [1.54, 1.807) is 12.1 Å². The molecule has 2 amide bonds. The first kappa shape index (κ1) is 15.5. The van der Waals surface area contributed by atoms with Gasteiger partial charge in [0.05, 0.1) is 13.1 Å². The molecule has 6 heteroatoms. The highest BCUT2D eigenvalue weighted by molar-refractivity contribution is 6.39. The van der Waals surface area contributed by atoms with Gasteiger partial charge in [0.1, 0.15) is 26.2 Å². The van der Waals surface area contributed by atoms with Crippen LogP contribution in [0.3, 0.4) is 0 Å². The molecule has 0 saturated carbocycles. The van der Waals surface area contributed by atoms with Gasteiger partial charge < -0.3 is 20.9 Å². The van der Waals surface area contributed by atoms with E-state index in [2.05, 4.69) is 16.0 Å². The molecule has 5 N–H and O–H groups in total. The smallest absolute Gasteiger partial charge is 0.313 e. The van der Waals surface area contributed by atoms with Crippen molar-refractivity contribution in [2.24, 2.45) is 0 Å². The first-order chi connectivity index (χ1) is 10.1. The van der Waals surface area contributed by atoms with Gasteiger partial charge in [-0.15, -0.1) is 0 Å². The summed E-state index contributed by atoms with van der Waals surface area (Å²) in [5.41, 5.74) is 1.75. The Bertz CT molecular complexity index is 481. The van der Waals surface area contributed by atoms with Crippen molar-refractivity contribution in [3.8, 4) is 0 Å². The van der Waals surface area contributed by atoms with E-state index in [4.69, 9.17) is 0 Å². The van der Waals surface area contributed by atoms with Crippen molar-refractivity contribution in [1.82, 2.24) is 5.32 Å². The third-order valence-electron chi connectivity index (χ3n) is 3.68. The fourth-order valence-corrected chi connectivity index (χ4v) is 2.39. The monoisotopic (exact) mass is 292 g/mol. The summed E-state index contributed by atoms with van der Waals surface area (Å²) in [6.07, 6.45) is 0. The number of amides is 2. The van der Waals surface area contributed by atoms with Crippen LogP contribution in [0, 0.1) is 6.92 Å². The Hall–Kier alpha value is -1.92. The Labute approximate surface area is 124 Å². The number of nitrogens with one attached hydrogen (secondary N) is 3. The first-order valence-electron chi connectivity index (χ1n) is 7.46. The van der Waals surface area contributed by atoms with Crippen molar-refractivity contribution in [2.75, 3.05) is 44.6 Å². The molecule has 1 aliphatic rings. The molecule has 2 rings (SSSR count). The average molecular weight is 292 g/mol. The summed E-state index contributed by atoms with van der Waals surface area (Å²) in [5.74, 6) is -1.18. The Kier molecular flexibility index (Phi) is 5.71. The summed E-state index contributed by atoms with van der Waals surface area (Å²) in [6, 6.07) is 7.36. The second-order valence-corrected chi connectivity index (χ2v) is 5.44. The zero-order chi connectivity index (χ0) is 15.1. The van der Waals surface area contributed by atoms with Crippen LogP contribution in [0.15, 0.2) is 24.3 Å². The van der Waals surface area contributed by atoms with Gasteiger partial charge in [0.2, 0.25) is 0 Å². The maximum atomic E-state index is 11.7. The summed E-state index contributed by atoms with van der Waals surface area (Å²) in [4.78, 5) is 24.9. The van der Waals surface area contributed by atoms with Gasteiger partial charge in [0.25, 0.3) is 0 Å². The highest BCUT2D eigenvalue weighted by Gasteiger charge is 2.17. The summed E-state index contributed by atoms with van der Waals surface area (Å²) in [7, 11) is 0. The molecule has 114 valence electrons. The lowest BCUT2D eigenvalue weighted by Gasteiger charge is -2.22. The predicted octanol–water partition coefficient (Wildman–Crippen LogP) is -2.49. The van der Waals surface area contributed by atoms with Gasteiger partial charge in [-0.2, -0.15) is 0 Å². The quantitative estimate of drug-likeness (QED) is 0.463. The summed E-state index contributed by atoms with van der Waals surface area (Å²) in [6.45, 7) is 7.89. The zero-order valence-corrected chi connectivity index (χ0v) is 12.4. The number of carbonyl (C=O) groups excluding carboxylic acids is 2. The highest BCUT2D eigenvalue weighted by atomic mass is 16.2. The normalized spacial score (nSPS) is 15.5. The molecule has 0 atom stereocenters. The Morgan fingerprint density at radius 3 is 2.48 bits per heavy atom. The third-order valence-corrected chi connectivity index (χ3v) is 3.68. The molecule has 0 unspecified atom stereocenters. The number of anilines is 1. The SMILES string of the molecule is Cc1ccc(NC(=O)C(=O)NCC[NH+]2CC[NH2+]CC2)cc1. The fourth-order valence-electron chi connectivity index (χ4n) is 2.39. The topological polar surface area (TPSA) is 79.2 Å². The molecule has 0 radical (unpaired) electrons. The predicted molar refractivity (Wildman–Crippen MR) is 80.0 cm³/mol. The molecule has 21 heavy (non-hydrogen) atoms. The van der Waals surface area contributed by atoms with Crippen LogP contribution in [0.25, 0.3) is 0 Å². The number of aryl methyl sites for hydroxylation is 1. The van der Waals surface area contributed by atoms with Gasteiger partial charge in [0, 0.05) is 5.69 Å². The lowest BCUT2D eigenvalue weighted by Crippen LogP contribution is -3.21. The van der Waals surface area contributed by atoms with Crippen LogP contribution in [-0.4, -0.2) is 51.1 Å². The molecule has 0 bridgehead atoms. The first-order valence-corrected chi connectivity index (χ1v) is 7.46. The largest absolute Gasteiger partial charge is 0.342 e. The minimum Gasteiger partial charge on any atom is -0.342 e.